The number of nitrogens with one attached hydrogen (secondary N) is 3. The Morgan fingerprint density at radius 1 is 0.509 bits per heavy atom. The molecule has 3 aromatic carbocycles. The lowest BCUT2D eigenvalue weighted by molar-refractivity contribution is -0.144. The molecule has 0 spiro atoms. The normalized spacial score (nSPS) is 21.5. The number of carboxylic acids is 3. The average molecular weight is 765 g/mol. The van der Waals surface area contributed by atoms with Gasteiger partial charge in [0.05, 0.1) is 17.8 Å². The number of rotatable bonds is 18. The molecular formula is C42H51F3N4O6. The molecule has 6 rings (SSSR count). The van der Waals surface area contributed by atoms with Crippen molar-refractivity contribution in [3.05, 3.63) is 105 Å². The first-order chi connectivity index (χ1) is 26.4. The zero-order valence-corrected chi connectivity index (χ0v) is 30.9. The first-order valence-corrected chi connectivity index (χ1v) is 19.3. The number of carboxylic acid groups (broad SMARTS) is 3. The summed E-state index contributed by atoms with van der Waals surface area (Å²) in [7, 11) is 0. The highest BCUT2D eigenvalue weighted by Gasteiger charge is 2.33. The van der Waals surface area contributed by atoms with Gasteiger partial charge in [-0.15, -0.1) is 0 Å². The van der Waals surface area contributed by atoms with Crippen molar-refractivity contribution in [2.24, 2.45) is 35.5 Å². The Bertz CT molecular complexity index is 1620. The summed E-state index contributed by atoms with van der Waals surface area (Å²) in [6.45, 7) is 4.34. The molecule has 0 radical (unpaired) electrons. The predicted molar refractivity (Wildman–Crippen MR) is 200 cm³/mol. The second-order valence-corrected chi connectivity index (χ2v) is 15.8. The van der Waals surface area contributed by atoms with Crippen molar-refractivity contribution in [2.45, 2.75) is 58.2 Å². The fourth-order valence-corrected chi connectivity index (χ4v) is 8.91. The van der Waals surface area contributed by atoms with Crippen molar-refractivity contribution < 1.29 is 42.9 Å². The minimum Gasteiger partial charge on any atom is -0.481 e. The summed E-state index contributed by atoms with van der Waals surface area (Å²) in [5.41, 5.74) is 3.27. The summed E-state index contributed by atoms with van der Waals surface area (Å²) < 4.78 is 45.7. The highest BCUT2D eigenvalue weighted by Crippen LogP contribution is 2.29. The van der Waals surface area contributed by atoms with Gasteiger partial charge < -0.3 is 31.3 Å². The highest BCUT2D eigenvalue weighted by molar-refractivity contribution is 5.72. The van der Waals surface area contributed by atoms with E-state index in [-0.39, 0.29) is 56.7 Å². The smallest absolute Gasteiger partial charge is 0.307 e. The van der Waals surface area contributed by atoms with Crippen LogP contribution in [-0.4, -0.2) is 77.4 Å². The Hall–Kier alpha value is -4.30. The molecule has 296 valence electrons. The van der Waals surface area contributed by atoms with E-state index in [4.69, 9.17) is 0 Å². The zero-order valence-electron chi connectivity index (χ0n) is 30.9. The van der Waals surface area contributed by atoms with Gasteiger partial charge in [-0.25, -0.2) is 13.2 Å². The molecule has 3 aromatic rings. The minimum absolute atomic E-state index is 0.0821. The Morgan fingerprint density at radius 2 is 0.782 bits per heavy atom. The molecule has 3 aliphatic heterocycles. The topological polar surface area (TPSA) is 151 Å². The van der Waals surface area contributed by atoms with Crippen LogP contribution in [0.15, 0.2) is 54.6 Å². The number of nitrogens with zero attached hydrogens (tertiary/aromatic N) is 1. The lowest BCUT2D eigenvalue weighted by atomic mass is 9.85. The molecule has 0 bridgehead atoms. The lowest BCUT2D eigenvalue weighted by Gasteiger charge is -2.25. The van der Waals surface area contributed by atoms with E-state index in [1.807, 2.05) is 4.90 Å². The molecule has 3 saturated heterocycles. The molecule has 3 unspecified atom stereocenters. The largest absolute Gasteiger partial charge is 0.481 e. The maximum Gasteiger partial charge on any atom is 0.307 e. The van der Waals surface area contributed by atoms with E-state index < -0.39 is 53.1 Å². The van der Waals surface area contributed by atoms with Gasteiger partial charge in [-0.2, -0.15) is 0 Å². The van der Waals surface area contributed by atoms with Crippen LogP contribution in [0.5, 0.6) is 0 Å². The SMILES string of the molecule is O=C(O)C(Cc1cc(F)cc(CN(Cc2cc(F)cc(CC(C(=O)O)[C@H]3CCNC3)c2)Cc2cc(F)cc(CC(C(=O)O)[C@H]3CCNC3)c2)c1)[C@H]1CCNC1. The number of carbonyl (C=O) groups is 3. The Kier molecular flexibility index (Phi) is 13.6. The molecule has 13 heteroatoms. The third-order valence-corrected chi connectivity index (χ3v) is 11.6. The molecule has 3 aliphatic rings. The van der Waals surface area contributed by atoms with Crippen molar-refractivity contribution in [1.82, 2.24) is 20.9 Å². The van der Waals surface area contributed by atoms with E-state index in [1.54, 1.807) is 18.2 Å². The van der Waals surface area contributed by atoms with Gasteiger partial charge in [0.1, 0.15) is 17.5 Å². The summed E-state index contributed by atoms with van der Waals surface area (Å²) in [4.78, 5) is 38.6. The number of aliphatic carboxylic acids is 3. The standard InChI is InChI=1S/C42H51F3N4O6/c43-34-10-25(16-37(40(50)51)31-1-4-46-19-31)7-28(13-34)22-49(23-29-8-26(11-35(44)14-29)17-38(41(52)53)32-2-5-47-20-32)24-30-9-27(12-36(45)15-30)18-39(42(54)55)33-3-6-48-21-33/h7-15,31-33,37-39,46-48H,1-6,16-24H2,(H,50,51)(H,52,53)(H,54,55)/t31-,32-,33-,37?,38?,39?/m0/s1. The van der Waals surface area contributed by atoms with Gasteiger partial charge in [-0.3, -0.25) is 19.3 Å². The number of halogens is 3. The molecule has 3 fully saturated rings. The molecule has 55 heavy (non-hydrogen) atoms. The summed E-state index contributed by atoms with van der Waals surface area (Å²) >= 11 is 0. The van der Waals surface area contributed by atoms with Crippen molar-refractivity contribution in [3.63, 3.8) is 0 Å². The van der Waals surface area contributed by atoms with Gasteiger partial charge in [0.15, 0.2) is 0 Å². The summed E-state index contributed by atoms with van der Waals surface area (Å²) in [5, 5.41) is 39.7. The molecular weight excluding hydrogens is 713 g/mol. The maximum absolute atomic E-state index is 15.2. The Labute approximate surface area is 319 Å². The van der Waals surface area contributed by atoms with Crippen LogP contribution in [0.3, 0.4) is 0 Å². The Morgan fingerprint density at radius 3 is 1.02 bits per heavy atom. The summed E-state index contributed by atoms with van der Waals surface area (Å²) in [6.07, 6.45) is 2.59. The van der Waals surface area contributed by atoms with Gasteiger partial charge in [0.2, 0.25) is 0 Å². The van der Waals surface area contributed by atoms with Crippen LogP contribution >= 0.6 is 0 Å². The summed E-state index contributed by atoms with van der Waals surface area (Å²) in [5.74, 6) is -6.71. The molecule has 0 aliphatic carbocycles. The minimum atomic E-state index is -0.936. The van der Waals surface area contributed by atoms with Gasteiger partial charge in [-0.05, 0) is 165 Å². The van der Waals surface area contributed by atoms with E-state index in [1.165, 1.54) is 36.4 Å². The van der Waals surface area contributed by atoms with E-state index in [0.29, 0.717) is 72.3 Å². The number of hydrogen-bond donors (Lipinski definition) is 6. The van der Waals surface area contributed by atoms with Crippen molar-refractivity contribution in [1.29, 1.82) is 0 Å². The predicted octanol–water partition coefficient (Wildman–Crippen LogP) is 4.86. The number of benzene rings is 3. The van der Waals surface area contributed by atoms with Crippen molar-refractivity contribution >= 4 is 17.9 Å². The zero-order chi connectivity index (χ0) is 39.1. The van der Waals surface area contributed by atoms with Gasteiger partial charge in [0, 0.05) is 19.6 Å². The van der Waals surface area contributed by atoms with Crippen molar-refractivity contribution in [3.8, 4) is 0 Å². The van der Waals surface area contributed by atoms with Gasteiger partial charge >= 0.3 is 17.9 Å². The average Bonchev–Trinajstić information content (AvgIpc) is 3.93. The molecule has 6 atom stereocenters. The second-order valence-electron chi connectivity index (χ2n) is 15.8. The fourth-order valence-electron chi connectivity index (χ4n) is 8.91. The molecule has 10 nitrogen and oxygen atoms in total. The molecule has 0 saturated carbocycles. The molecule has 6 N–H and O–H groups in total. The first kappa shape index (κ1) is 40.4. The second kappa shape index (κ2) is 18.6. The van der Waals surface area contributed by atoms with E-state index in [0.717, 1.165) is 19.6 Å². The molecule has 3 heterocycles. The quantitative estimate of drug-likeness (QED) is 0.106. The van der Waals surface area contributed by atoms with E-state index in [2.05, 4.69) is 16.0 Å². The van der Waals surface area contributed by atoms with E-state index >= 15 is 13.2 Å². The molecule has 0 aromatic heterocycles. The fraction of sp³-hybridized carbons (Fsp3) is 0.500. The van der Waals surface area contributed by atoms with Gasteiger partial charge in [-0.1, -0.05) is 18.2 Å². The monoisotopic (exact) mass is 764 g/mol. The van der Waals surface area contributed by atoms with Gasteiger partial charge in [0.25, 0.3) is 0 Å². The van der Waals surface area contributed by atoms with Crippen LogP contribution < -0.4 is 16.0 Å². The molecule has 0 amide bonds. The highest BCUT2D eigenvalue weighted by atomic mass is 19.1. The van der Waals surface area contributed by atoms with Crippen LogP contribution in [-0.2, 0) is 53.3 Å². The van der Waals surface area contributed by atoms with Crippen LogP contribution in [0.1, 0.15) is 52.6 Å². The van der Waals surface area contributed by atoms with Crippen molar-refractivity contribution in [2.75, 3.05) is 39.3 Å². The van der Waals surface area contributed by atoms with Crippen LogP contribution in [0.2, 0.25) is 0 Å². The third kappa shape index (κ3) is 11.2. The Balaban J connectivity index is 1.29. The van der Waals surface area contributed by atoms with Crippen LogP contribution in [0.25, 0.3) is 0 Å². The maximum atomic E-state index is 15.2. The van der Waals surface area contributed by atoms with Crippen LogP contribution in [0, 0.1) is 53.0 Å². The lowest BCUT2D eigenvalue weighted by Crippen LogP contribution is -2.28. The first-order valence-electron chi connectivity index (χ1n) is 19.3. The van der Waals surface area contributed by atoms with Crippen LogP contribution in [0.4, 0.5) is 13.2 Å². The van der Waals surface area contributed by atoms with E-state index in [9.17, 15) is 29.7 Å². The third-order valence-electron chi connectivity index (χ3n) is 11.6. The summed E-state index contributed by atoms with van der Waals surface area (Å²) in [6, 6.07) is 13.5. The number of hydrogen-bond acceptors (Lipinski definition) is 7.